The number of halogens is 3. The number of benzene rings is 2. The molecule has 0 aliphatic heterocycles. The van der Waals surface area contributed by atoms with Crippen LogP contribution >= 0.6 is 0 Å². The van der Waals surface area contributed by atoms with Crippen molar-refractivity contribution in [3.8, 4) is 17.0 Å². The standard InChI is InChI=1S/C34H32F3N3O/c1-20-4-8-22(9-5-20)30-19-38-32(41-30)31-26-13-10-24-16-29-23(18-39-40(29)25-11-6-21(2)7-12-25)17-33(24,3)27(26)14-15-28(31)34(35,36)37/h4-9,11-12,14,16,18-19,26,28,31H,10,13,15,17H2,1-3H3/t26-,28+,31+,33-/m0/s1. The summed E-state index contributed by atoms with van der Waals surface area (Å²) in [6.07, 6.45) is 5.25. The van der Waals surface area contributed by atoms with Gasteiger partial charge in [-0.15, -0.1) is 0 Å². The lowest BCUT2D eigenvalue weighted by Gasteiger charge is -2.50. The van der Waals surface area contributed by atoms with E-state index in [1.54, 1.807) is 6.20 Å². The third-order valence-electron chi connectivity index (χ3n) is 9.51. The zero-order valence-electron chi connectivity index (χ0n) is 23.4. The zero-order chi connectivity index (χ0) is 28.5. The number of hydrogen-bond donors (Lipinski definition) is 0. The highest BCUT2D eigenvalue weighted by Gasteiger charge is 2.56. The highest BCUT2D eigenvalue weighted by Crippen LogP contribution is 2.61. The average molecular weight is 556 g/mol. The molecule has 4 atom stereocenters. The minimum Gasteiger partial charge on any atom is -0.440 e. The zero-order valence-corrected chi connectivity index (χ0v) is 23.4. The second-order valence-electron chi connectivity index (χ2n) is 12.1. The SMILES string of the molecule is Cc1ccc(-c2cnc([C@H]3[C@H](C(F)(F)F)CC=C4[C@@H]3CCC3=Cc5c(cnn5-c5ccc(C)cc5)C[C@@]34C)o2)cc1. The Bertz CT molecular complexity index is 1670. The van der Waals surface area contributed by atoms with Gasteiger partial charge in [-0.3, -0.25) is 0 Å². The van der Waals surface area contributed by atoms with Gasteiger partial charge in [-0.05, 0) is 69.2 Å². The molecule has 0 amide bonds. The minimum absolute atomic E-state index is 0.0688. The van der Waals surface area contributed by atoms with E-state index in [4.69, 9.17) is 9.52 Å². The van der Waals surface area contributed by atoms with Crippen LogP contribution in [0.2, 0.25) is 0 Å². The van der Waals surface area contributed by atoms with Crippen LogP contribution in [0, 0.1) is 31.1 Å². The molecule has 0 saturated heterocycles. The molecule has 2 aromatic carbocycles. The van der Waals surface area contributed by atoms with Crippen LogP contribution in [-0.4, -0.2) is 20.9 Å². The fourth-order valence-electron chi connectivity index (χ4n) is 7.31. The highest BCUT2D eigenvalue weighted by molar-refractivity contribution is 5.64. The van der Waals surface area contributed by atoms with Crippen molar-refractivity contribution >= 4 is 6.08 Å². The van der Waals surface area contributed by atoms with Gasteiger partial charge in [-0.25, -0.2) is 9.67 Å². The van der Waals surface area contributed by atoms with Gasteiger partial charge in [0.1, 0.15) is 0 Å². The Kier molecular flexibility index (Phi) is 5.93. The first-order valence-electron chi connectivity index (χ1n) is 14.3. The van der Waals surface area contributed by atoms with Crippen LogP contribution in [0.4, 0.5) is 13.2 Å². The molecule has 1 fully saturated rings. The minimum atomic E-state index is -4.35. The number of hydrogen-bond acceptors (Lipinski definition) is 3. The molecule has 41 heavy (non-hydrogen) atoms. The third kappa shape index (κ3) is 4.28. The van der Waals surface area contributed by atoms with Crippen molar-refractivity contribution in [2.24, 2.45) is 17.3 Å². The lowest BCUT2D eigenvalue weighted by atomic mass is 9.54. The van der Waals surface area contributed by atoms with Crippen LogP contribution in [0.25, 0.3) is 23.1 Å². The quantitative estimate of drug-likeness (QED) is 0.237. The van der Waals surface area contributed by atoms with Gasteiger partial charge in [0.25, 0.3) is 0 Å². The summed E-state index contributed by atoms with van der Waals surface area (Å²) in [4.78, 5) is 4.48. The Morgan fingerprint density at radius 2 is 1.68 bits per heavy atom. The summed E-state index contributed by atoms with van der Waals surface area (Å²) in [7, 11) is 0. The average Bonchev–Trinajstić information content (AvgIpc) is 3.59. The molecule has 0 bridgehead atoms. The van der Waals surface area contributed by atoms with Gasteiger partial charge in [0.05, 0.1) is 35.6 Å². The number of aromatic nitrogens is 3. The summed E-state index contributed by atoms with van der Waals surface area (Å²) in [5.41, 5.74) is 8.28. The van der Waals surface area contributed by atoms with Crippen molar-refractivity contribution in [1.82, 2.24) is 14.8 Å². The van der Waals surface area contributed by atoms with Crippen LogP contribution in [0.1, 0.15) is 60.4 Å². The van der Waals surface area contributed by atoms with Gasteiger partial charge in [-0.1, -0.05) is 71.7 Å². The molecule has 0 spiro atoms. The van der Waals surface area contributed by atoms with E-state index in [0.717, 1.165) is 40.1 Å². The highest BCUT2D eigenvalue weighted by atomic mass is 19.4. The third-order valence-corrected chi connectivity index (χ3v) is 9.51. The fraction of sp³-hybridized carbons (Fsp3) is 0.353. The molecule has 4 nitrogen and oxygen atoms in total. The molecule has 3 aliphatic rings. The van der Waals surface area contributed by atoms with Crippen molar-refractivity contribution in [2.45, 2.75) is 58.5 Å². The first-order valence-corrected chi connectivity index (χ1v) is 14.3. The van der Waals surface area contributed by atoms with E-state index in [1.807, 2.05) is 48.1 Å². The Morgan fingerprint density at radius 1 is 0.976 bits per heavy atom. The predicted octanol–water partition coefficient (Wildman–Crippen LogP) is 8.79. The van der Waals surface area contributed by atoms with Crippen LogP contribution in [0.3, 0.4) is 0 Å². The molecule has 4 aromatic rings. The molecule has 7 heteroatoms. The molecule has 210 valence electrons. The molecule has 3 aliphatic carbocycles. The number of nitrogens with zero attached hydrogens (tertiary/aromatic N) is 3. The first-order chi connectivity index (χ1) is 19.6. The molecule has 0 N–H and O–H groups in total. The van der Waals surface area contributed by atoms with Crippen molar-refractivity contribution in [3.05, 3.63) is 106 Å². The number of alkyl halides is 3. The second kappa shape index (κ2) is 9.33. The van der Waals surface area contributed by atoms with Gasteiger partial charge in [0, 0.05) is 11.0 Å². The lowest BCUT2D eigenvalue weighted by molar-refractivity contribution is -0.187. The number of oxazole rings is 1. The fourth-order valence-corrected chi connectivity index (χ4v) is 7.31. The monoisotopic (exact) mass is 555 g/mol. The largest absolute Gasteiger partial charge is 0.440 e. The number of rotatable bonds is 3. The number of aryl methyl sites for hydroxylation is 2. The first kappa shape index (κ1) is 26.1. The Hall–Kier alpha value is -3.87. The van der Waals surface area contributed by atoms with Crippen molar-refractivity contribution in [3.63, 3.8) is 0 Å². The number of fused-ring (bicyclic) bond motifs is 4. The van der Waals surface area contributed by atoms with Crippen LogP contribution in [0.5, 0.6) is 0 Å². The predicted molar refractivity (Wildman–Crippen MR) is 152 cm³/mol. The molecule has 2 aromatic heterocycles. The molecular formula is C34H32F3N3O. The maximum atomic E-state index is 14.5. The maximum absolute atomic E-state index is 14.5. The van der Waals surface area contributed by atoms with E-state index >= 15 is 0 Å². The van der Waals surface area contributed by atoms with Crippen molar-refractivity contribution in [1.29, 1.82) is 0 Å². The summed E-state index contributed by atoms with van der Waals surface area (Å²) in [6.45, 7) is 6.25. The Morgan fingerprint density at radius 3 is 2.39 bits per heavy atom. The second-order valence-corrected chi connectivity index (χ2v) is 12.1. The van der Waals surface area contributed by atoms with Gasteiger partial charge in [0.15, 0.2) is 11.7 Å². The normalized spacial score (nSPS) is 25.6. The van der Waals surface area contributed by atoms with Gasteiger partial charge < -0.3 is 4.42 Å². The van der Waals surface area contributed by atoms with E-state index < -0.39 is 18.0 Å². The topological polar surface area (TPSA) is 43.9 Å². The number of allylic oxidation sites excluding steroid dienone is 3. The Balaban J connectivity index is 1.26. The molecule has 0 radical (unpaired) electrons. The van der Waals surface area contributed by atoms with E-state index in [9.17, 15) is 13.2 Å². The summed E-state index contributed by atoms with van der Waals surface area (Å²) < 4.78 is 51.6. The van der Waals surface area contributed by atoms with Crippen LogP contribution in [-0.2, 0) is 6.42 Å². The Labute approximate surface area is 237 Å². The molecule has 2 heterocycles. The van der Waals surface area contributed by atoms with Crippen LogP contribution in [0.15, 0.2) is 82.6 Å². The van der Waals surface area contributed by atoms with Gasteiger partial charge in [0.2, 0.25) is 0 Å². The lowest BCUT2D eigenvalue weighted by Crippen LogP contribution is -2.44. The summed E-state index contributed by atoms with van der Waals surface area (Å²) in [6, 6.07) is 16.1. The van der Waals surface area contributed by atoms with E-state index in [2.05, 4.69) is 49.2 Å². The van der Waals surface area contributed by atoms with Gasteiger partial charge >= 0.3 is 6.18 Å². The van der Waals surface area contributed by atoms with Crippen LogP contribution < -0.4 is 0 Å². The summed E-state index contributed by atoms with van der Waals surface area (Å²) >= 11 is 0. The molecular weight excluding hydrogens is 523 g/mol. The molecule has 1 saturated carbocycles. The van der Waals surface area contributed by atoms with Crippen molar-refractivity contribution in [2.75, 3.05) is 0 Å². The van der Waals surface area contributed by atoms with Crippen molar-refractivity contribution < 1.29 is 17.6 Å². The summed E-state index contributed by atoms with van der Waals surface area (Å²) in [5, 5.41) is 4.71. The van der Waals surface area contributed by atoms with E-state index in [-0.39, 0.29) is 23.6 Å². The molecule has 0 unspecified atom stereocenters. The maximum Gasteiger partial charge on any atom is 0.392 e. The van der Waals surface area contributed by atoms with E-state index in [1.165, 1.54) is 11.1 Å². The summed E-state index contributed by atoms with van der Waals surface area (Å²) in [5.74, 6) is -1.98. The van der Waals surface area contributed by atoms with Gasteiger partial charge in [-0.2, -0.15) is 18.3 Å². The molecule has 7 rings (SSSR count). The van der Waals surface area contributed by atoms with E-state index in [0.29, 0.717) is 18.6 Å². The smallest absolute Gasteiger partial charge is 0.392 e.